The predicted octanol–water partition coefficient (Wildman–Crippen LogP) is 2.99. The van der Waals surface area contributed by atoms with Gasteiger partial charge in [-0.2, -0.15) is 0 Å². The van der Waals surface area contributed by atoms with Gasteiger partial charge in [0.25, 0.3) is 0 Å². The molecule has 0 bridgehead atoms. The quantitative estimate of drug-likeness (QED) is 0.610. The molecule has 0 amide bonds. The topological polar surface area (TPSA) is 30.5 Å². The first-order valence-electron chi connectivity index (χ1n) is 7.49. The van der Waals surface area contributed by atoms with Crippen molar-refractivity contribution < 1.29 is 9.47 Å². The second-order valence-corrected chi connectivity index (χ2v) is 5.95. The van der Waals surface area contributed by atoms with E-state index in [-0.39, 0.29) is 0 Å². The maximum atomic E-state index is 5.56. The zero-order chi connectivity index (χ0) is 13.3. The number of hydrogen-bond acceptors (Lipinski definition) is 3. The van der Waals surface area contributed by atoms with Crippen molar-refractivity contribution in [3.63, 3.8) is 0 Å². The summed E-state index contributed by atoms with van der Waals surface area (Å²) in [5.41, 5.74) is 0.550. The SMILES string of the molecule is COCCOCCCC1(CNC(C)C)CCCC1. The van der Waals surface area contributed by atoms with Crippen LogP contribution in [-0.4, -0.2) is 39.5 Å². The third-order valence-electron chi connectivity index (χ3n) is 3.98. The van der Waals surface area contributed by atoms with E-state index < -0.39 is 0 Å². The van der Waals surface area contributed by atoms with Gasteiger partial charge < -0.3 is 14.8 Å². The van der Waals surface area contributed by atoms with Gasteiger partial charge >= 0.3 is 0 Å². The van der Waals surface area contributed by atoms with Crippen molar-refractivity contribution >= 4 is 0 Å². The van der Waals surface area contributed by atoms with E-state index in [1.54, 1.807) is 7.11 Å². The van der Waals surface area contributed by atoms with E-state index in [0.29, 0.717) is 18.1 Å². The minimum Gasteiger partial charge on any atom is -0.382 e. The summed E-state index contributed by atoms with van der Waals surface area (Å²) in [5.74, 6) is 0. The Morgan fingerprint density at radius 2 is 1.83 bits per heavy atom. The van der Waals surface area contributed by atoms with Crippen LogP contribution in [0.15, 0.2) is 0 Å². The Kier molecular flexibility index (Phi) is 7.87. The van der Waals surface area contributed by atoms with E-state index in [1.807, 2.05) is 0 Å². The highest BCUT2D eigenvalue weighted by molar-refractivity contribution is 4.87. The molecule has 1 aliphatic carbocycles. The molecule has 0 aromatic heterocycles. The lowest BCUT2D eigenvalue weighted by Crippen LogP contribution is -2.36. The van der Waals surface area contributed by atoms with E-state index >= 15 is 0 Å². The highest BCUT2D eigenvalue weighted by Crippen LogP contribution is 2.41. The molecule has 0 aliphatic heterocycles. The van der Waals surface area contributed by atoms with Gasteiger partial charge in [-0.15, -0.1) is 0 Å². The third-order valence-corrected chi connectivity index (χ3v) is 3.98. The highest BCUT2D eigenvalue weighted by atomic mass is 16.5. The molecule has 1 aliphatic rings. The Morgan fingerprint density at radius 1 is 1.11 bits per heavy atom. The molecule has 3 nitrogen and oxygen atoms in total. The lowest BCUT2D eigenvalue weighted by Gasteiger charge is -2.30. The van der Waals surface area contributed by atoms with Crippen LogP contribution in [0, 0.1) is 5.41 Å². The predicted molar refractivity (Wildman–Crippen MR) is 76.0 cm³/mol. The van der Waals surface area contributed by atoms with Crippen LogP contribution in [0.5, 0.6) is 0 Å². The normalized spacial score (nSPS) is 18.7. The summed E-state index contributed by atoms with van der Waals surface area (Å²) in [4.78, 5) is 0. The summed E-state index contributed by atoms with van der Waals surface area (Å²) in [6.45, 7) is 7.97. The van der Waals surface area contributed by atoms with Gasteiger partial charge in [0.05, 0.1) is 13.2 Å². The fourth-order valence-corrected chi connectivity index (χ4v) is 2.85. The van der Waals surface area contributed by atoms with Crippen LogP contribution in [0.3, 0.4) is 0 Å². The molecule has 0 atom stereocenters. The van der Waals surface area contributed by atoms with Crippen LogP contribution < -0.4 is 5.32 Å². The highest BCUT2D eigenvalue weighted by Gasteiger charge is 2.32. The van der Waals surface area contributed by atoms with Crippen molar-refractivity contribution in [1.29, 1.82) is 0 Å². The van der Waals surface area contributed by atoms with Gasteiger partial charge in [-0.25, -0.2) is 0 Å². The zero-order valence-electron chi connectivity index (χ0n) is 12.5. The Bertz CT molecular complexity index is 201. The van der Waals surface area contributed by atoms with Crippen molar-refractivity contribution in [1.82, 2.24) is 5.32 Å². The summed E-state index contributed by atoms with van der Waals surface area (Å²) in [6.07, 6.45) is 8.09. The molecular formula is C15H31NO2. The van der Waals surface area contributed by atoms with Crippen LogP contribution in [0.25, 0.3) is 0 Å². The minimum absolute atomic E-state index is 0.550. The lowest BCUT2D eigenvalue weighted by atomic mass is 9.81. The van der Waals surface area contributed by atoms with Crippen LogP contribution >= 0.6 is 0 Å². The van der Waals surface area contributed by atoms with E-state index in [0.717, 1.165) is 13.2 Å². The van der Waals surface area contributed by atoms with Crippen molar-refractivity contribution in [2.24, 2.45) is 5.41 Å². The number of rotatable bonds is 10. The Labute approximate surface area is 113 Å². The molecule has 1 saturated carbocycles. The van der Waals surface area contributed by atoms with Gasteiger partial charge in [-0.3, -0.25) is 0 Å². The Balaban J connectivity index is 2.17. The fourth-order valence-electron chi connectivity index (χ4n) is 2.85. The Hall–Kier alpha value is -0.120. The first kappa shape index (κ1) is 15.9. The summed E-state index contributed by atoms with van der Waals surface area (Å²) < 4.78 is 10.5. The molecule has 0 heterocycles. The maximum Gasteiger partial charge on any atom is 0.0700 e. The maximum absolute atomic E-state index is 5.56. The molecule has 0 spiro atoms. The van der Waals surface area contributed by atoms with Crippen LogP contribution in [-0.2, 0) is 9.47 Å². The van der Waals surface area contributed by atoms with E-state index in [4.69, 9.17) is 9.47 Å². The molecule has 0 radical (unpaired) electrons. The van der Waals surface area contributed by atoms with E-state index in [9.17, 15) is 0 Å². The zero-order valence-corrected chi connectivity index (χ0v) is 12.5. The molecule has 18 heavy (non-hydrogen) atoms. The molecule has 3 heteroatoms. The van der Waals surface area contributed by atoms with Crippen LogP contribution in [0.2, 0.25) is 0 Å². The largest absolute Gasteiger partial charge is 0.382 e. The number of hydrogen-bond donors (Lipinski definition) is 1. The van der Waals surface area contributed by atoms with Gasteiger partial charge in [0, 0.05) is 26.3 Å². The van der Waals surface area contributed by atoms with Gasteiger partial charge in [0.2, 0.25) is 0 Å². The molecule has 1 rings (SSSR count). The van der Waals surface area contributed by atoms with Crippen molar-refractivity contribution in [3.8, 4) is 0 Å². The molecule has 108 valence electrons. The summed E-state index contributed by atoms with van der Waals surface area (Å²) in [5, 5.41) is 3.63. The van der Waals surface area contributed by atoms with Crippen LogP contribution in [0.1, 0.15) is 52.4 Å². The van der Waals surface area contributed by atoms with Crippen molar-refractivity contribution in [2.45, 2.75) is 58.4 Å². The van der Waals surface area contributed by atoms with Crippen molar-refractivity contribution in [2.75, 3.05) is 33.5 Å². The second-order valence-electron chi connectivity index (χ2n) is 5.95. The molecular weight excluding hydrogens is 226 g/mol. The summed E-state index contributed by atoms with van der Waals surface area (Å²) >= 11 is 0. The molecule has 0 aromatic carbocycles. The summed E-state index contributed by atoms with van der Waals surface area (Å²) in [7, 11) is 1.72. The molecule has 1 fully saturated rings. The lowest BCUT2D eigenvalue weighted by molar-refractivity contribution is 0.0633. The molecule has 0 aromatic rings. The smallest absolute Gasteiger partial charge is 0.0700 e. The average molecular weight is 257 g/mol. The molecule has 0 saturated heterocycles. The number of ether oxygens (including phenoxy) is 2. The first-order chi connectivity index (χ1) is 8.68. The van der Waals surface area contributed by atoms with Crippen molar-refractivity contribution in [3.05, 3.63) is 0 Å². The van der Waals surface area contributed by atoms with Gasteiger partial charge in [-0.1, -0.05) is 26.7 Å². The van der Waals surface area contributed by atoms with E-state index in [2.05, 4.69) is 19.2 Å². The van der Waals surface area contributed by atoms with Gasteiger partial charge in [-0.05, 0) is 31.1 Å². The third kappa shape index (κ3) is 6.17. The molecule has 0 unspecified atom stereocenters. The number of methoxy groups -OCH3 is 1. The van der Waals surface area contributed by atoms with Gasteiger partial charge in [0.15, 0.2) is 0 Å². The monoisotopic (exact) mass is 257 g/mol. The van der Waals surface area contributed by atoms with E-state index in [1.165, 1.54) is 45.1 Å². The van der Waals surface area contributed by atoms with Gasteiger partial charge in [0.1, 0.15) is 0 Å². The average Bonchev–Trinajstić information content (AvgIpc) is 2.81. The summed E-state index contributed by atoms with van der Waals surface area (Å²) in [6, 6.07) is 0.598. The standard InChI is InChI=1S/C15H31NO2/c1-14(2)16-13-15(7-4-5-8-15)9-6-10-18-12-11-17-3/h14,16H,4-13H2,1-3H3. The minimum atomic E-state index is 0.550. The second kappa shape index (κ2) is 8.89. The fraction of sp³-hybridized carbons (Fsp3) is 1.00. The molecule has 1 N–H and O–H groups in total. The Morgan fingerprint density at radius 3 is 2.44 bits per heavy atom. The van der Waals surface area contributed by atoms with Crippen LogP contribution in [0.4, 0.5) is 0 Å². The number of nitrogens with one attached hydrogen (secondary N) is 1. The first-order valence-corrected chi connectivity index (χ1v) is 7.49.